The SMILES string of the molecule is CNc1ccccc1[N+](=O)[O-].NC(=O)O. The summed E-state index contributed by atoms with van der Waals surface area (Å²) in [5.74, 6) is 0. The van der Waals surface area contributed by atoms with Gasteiger partial charge in [0.2, 0.25) is 0 Å². The Labute approximate surface area is 85.7 Å². The maximum atomic E-state index is 10.3. The third-order valence-electron chi connectivity index (χ3n) is 1.37. The van der Waals surface area contributed by atoms with E-state index < -0.39 is 11.0 Å². The van der Waals surface area contributed by atoms with Crippen molar-refractivity contribution in [2.24, 2.45) is 5.73 Å². The van der Waals surface area contributed by atoms with Gasteiger partial charge in [0.1, 0.15) is 5.69 Å². The van der Waals surface area contributed by atoms with Crippen LogP contribution in [0.25, 0.3) is 0 Å². The van der Waals surface area contributed by atoms with Gasteiger partial charge in [-0.15, -0.1) is 0 Å². The van der Waals surface area contributed by atoms with Crippen LogP contribution in [0.3, 0.4) is 0 Å². The molecule has 1 aromatic carbocycles. The largest absolute Gasteiger partial charge is 0.465 e. The molecule has 82 valence electrons. The van der Waals surface area contributed by atoms with E-state index in [-0.39, 0.29) is 5.69 Å². The van der Waals surface area contributed by atoms with Crippen molar-refractivity contribution in [1.29, 1.82) is 0 Å². The van der Waals surface area contributed by atoms with Gasteiger partial charge in [0.05, 0.1) is 4.92 Å². The summed E-state index contributed by atoms with van der Waals surface area (Å²) in [6, 6.07) is 6.52. The standard InChI is InChI=1S/C7H8N2O2.CH3NO2/c1-8-6-4-2-3-5-7(6)9(10)11;2-1(3)4/h2-5,8H,1H3;2H2,(H,3,4). The average Bonchev–Trinajstić information content (AvgIpc) is 2.16. The van der Waals surface area contributed by atoms with Crippen LogP contribution in [-0.4, -0.2) is 23.2 Å². The number of hydrogen-bond donors (Lipinski definition) is 3. The van der Waals surface area contributed by atoms with Crippen LogP contribution in [0.2, 0.25) is 0 Å². The Hall–Kier alpha value is -2.31. The van der Waals surface area contributed by atoms with Gasteiger partial charge in [0.25, 0.3) is 5.69 Å². The van der Waals surface area contributed by atoms with E-state index in [4.69, 9.17) is 9.90 Å². The first-order valence-corrected chi connectivity index (χ1v) is 3.88. The molecule has 0 saturated heterocycles. The minimum absolute atomic E-state index is 0.106. The van der Waals surface area contributed by atoms with Gasteiger partial charge < -0.3 is 16.2 Å². The van der Waals surface area contributed by atoms with Crippen LogP contribution in [0.5, 0.6) is 0 Å². The highest BCUT2D eigenvalue weighted by Crippen LogP contribution is 2.21. The number of hydrogen-bond acceptors (Lipinski definition) is 4. The monoisotopic (exact) mass is 213 g/mol. The van der Waals surface area contributed by atoms with Gasteiger partial charge in [0.15, 0.2) is 0 Å². The fraction of sp³-hybridized carbons (Fsp3) is 0.125. The third kappa shape index (κ3) is 5.09. The normalized spacial score (nSPS) is 8.33. The molecule has 0 radical (unpaired) electrons. The smallest absolute Gasteiger partial charge is 0.402 e. The molecule has 7 nitrogen and oxygen atoms in total. The van der Waals surface area contributed by atoms with E-state index in [2.05, 4.69) is 11.1 Å². The van der Waals surface area contributed by atoms with Crippen molar-refractivity contribution in [1.82, 2.24) is 0 Å². The van der Waals surface area contributed by atoms with Crippen LogP contribution in [0, 0.1) is 10.1 Å². The van der Waals surface area contributed by atoms with E-state index in [1.54, 1.807) is 25.2 Å². The summed E-state index contributed by atoms with van der Waals surface area (Å²) in [6.45, 7) is 0. The zero-order chi connectivity index (χ0) is 11.8. The van der Waals surface area contributed by atoms with E-state index in [9.17, 15) is 10.1 Å². The Balaban J connectivity index is 0.000000423. The topological polar surface area (TPSA) is 118 Å². The fourth-order valence-corrected chi connectivity index (χ4v) is 0.844. The van der Waals surface area contributed by atoms with Crippen molar-refractivity contribution in [3.05, 3.63) is 34.4 Å². The Morgan fingerprint density at radius 1 is 1.53 bits per heavy atom. The van der Waals surface area contributed by atoms with Gasteiger partial charge in [-0.05, 0) is 6.07 Å². The molecular formula is C8H11N3O4. The number of nitrogens with zero attached hydrogens (tertiary/aromatic N) is 1. The van der Waals surface area contributed by atoms with E-state index in [0.717, 1.165) is 0 Å². The molecule has 0 atom stereocenters. The lowest BCUT2D eigenvalue weighted by Crippen LogP contribution is -2.03. The van der Waals surface area contributed by atoms with Crippen molar-refractivity contribution in [3.63, 3.8) is 0 Å². The first-order valence-electron chi connectivity index (χ1n) is 3.88. The van der Waals surface area contributed by atoms with Crippen LogP contribution in [0.15, 0.2) is 24.3 Å². The minimum Gasteiger partial charge on any atom is -0.465 e. The molecule has 0 aliphatic rings. The molecule has 1 rings (SSSR count). The summed E-state index contributed by atoms with van der Waals surface area (Å²) >= 11 is 0. The van der Waals surface area contributed by atoms with Crippen LogP contribution in [0.1, 0.15) is 0 Å². The van der Waals surface area contributed by atoms with Gasteiger partial charge >= 0.3 is 6.09 Å². The van der Waals surface area contributed by atoms with E-state index in [1.165, 1.54) is 6.07 Å². The summed E-state index contributed by atoms with van der Waals surface area (Å²) in [5.41, 5.74) is 4.67. The molecule has 7 heteroatoms. The lowest BCUT2D eigenvalue weighted by atomic mass is 10.3. The molecule has 0 unspecified atom stereocenters. The summed E-state index contributed by atoms with van der Waals surface area (Å²) in [7, 11) is 1.66. The van der Waals surface area contributed by atoms with Crippen LogP contribution in [0.4, 0.5) is 16.2 Å². The number of nitro groups is 1. The van der Waals surface area contributed by atoms with Gasteiger partial charge in [-0.2, -0.15) is 0 Å². The van der Waals surface area contributed by atoms with Crippen molar-refractivity contribution >= 4 is 17.5 Å². The van der Waals surface area contributed by atoms with E-state index >= 15 is 0 Å². The minimum atomic E-state index is -1.33. The predicted octanol–water partition coefficient (Wildman–Crippen LogP) is 1.26. The van der Waals surface area contributed by atoms with Gasteiger partial charge in [0, 0.05) is 13.1 Å². The first kappa shape index (κ1) is 12.7. The van der Waals surface area contributed by atoms with Gasteiger partial charge in [-0.3, -0.25) is 10.1 Å². The molecule has 0 saturated carbocycles. The number of para-hydroxylation sites is 2. The maximum Gasteiger partial charge on any atom is 0.402 e. The molecule has 0 spiro atoms. The highest BCUT2D eigenvalue weighted by molar-refractivity contribution is 5.61. The summed E-state index contributed by atoms with van der Waals surface area (Å²) in [5, 5.41) is 20.3. The number of nitrogens with two attached hydrogens (primary N) is 1. The number of carboxylic acid groups (broad SMARTS) is 1. The lowest BCUT2D eigenvalue weighted by Gasteiger charge is -1.98. The van der Waals surface area contributed by atoms with Crippen molar-refractivity contribution in [2.45, 2.75) is 0 Å². The molecule has 1 amide bonds. The summed E-state index contributed by atoms with van der Waals surface area (Å²) in [6.07, 6.45) is -1.33. The Morgan fingerprint density at radius 3 is 2.33 bits per heavy atom. The van der Waals surface area contributed by atoms with Crippen LogP contribution >= 0.6 is 0 Å². The number of primary amides is 1. The molecule has 0 fully saturated rings. The number of anilines is 1. The Morgan fingerprint density at radius 2 is 2.00 bits per heavy atom. The number of benzene rings is 1. The number of nitrogens with one attached hydrogen (secondary N) is 1. The molecule has 0 heterocycles. The highest BCUT2D eigenvalue weighted by atomic mass is 16.6. The number of nitro benzene ring substituents is 1. The summed E-state index contributed by atoms with van der Waals surface area (Å²) in [4.78, 5) is 18.7. The molecule has 1 aromatic rings. The van der Waals surface area contributed by atoms with Gasteiger partial charge in [-0.1, -0.05) is 12.1 Å². The second-order valence-corrected chi connectivity index (χ2v) is 2.36. The van der Waals surface area contributed by atoms with Gasteiger partial charge in [-0.25, -0.2) is 4.79 Å². The third-order valence-corrected chi connectivity index (χ3v) is 1.37. The fourth-order valence-electron chi connectivity index (χ4n) is 0.844. The highest BCUT2D eigenvalue weighted by Gasteiger charge is 2.09. The molecule has 15 heavy (non-hydrogen) atoms. The first-order chi connectivity index (χ1) is 6.99. The van der Waals surface area contributed by atoms with E-state index in [0.29, 0.717) is 5.69 Å². The Bertz CT molecular complexity index is 349. The average molecular weight is 213 g/mol. The predicted molar refractivity (Wildman–Crippen MR) is 54.9 cm³/mol. The van der Waals surface area contributed by atoms with Crippen LogP contribution in [-0.2, 0) is 0 Å². The Kier molecular flexibility index (Phi) is 5.24. The molecule has 0 aromatic heterocycles. The van der Waals surface area contributed by atoms with Crippen molar-refractivity contribution in [2.75, 3.05) is 12.4 Å². The molecule has 0 bridgehead atoms. The zero-order valence-electron chi connectivity index (χ0n) is 8.01. The van der Waals surface area contributed by atoms with Crippen molar-refractivity contribution in [3.8, 4) is 0 Å². The van der Waals surface area contributed by atoms with Crippen molar-refractivity contribution < 1.29 is 14.8 Å². The maximum absolute atomic E-state index is 10.3. The lowest BCUT2D eigenvalue weighted by molar-refractivity contribution is -0.383. The second-order valence-electron chi connectivity index (χ2n) is 2.36. The number of rotatable bonds is 2. The zero-order valence-corrected chi connectivity index (χ0v) is 8.01. The molecule has 0 aliphatic heterocycles. The molecule has 0 aliphatic carbocycles. The number of carbonyl (C=O) groups is 1. The summed E-state index contributed by atoms with van der Waals surface area (Å²) < 4.78 is 0. The second kappa shape index (κ2) is 6.19. The van der Waals surface area contributed by atoms with Crippen LogP contribution < -0.4 is 11.1 Å². The van der Waals surface area contributed by atoms with E-state index in [1.807, 2.05) is 0 Å². The quantitative estimate of drug-likeness (QED) is 0.504. The molecule has 4 N–H and O–H groups in total. The molecular weight excluding hydrogens is 202 g/mol. The number of amides is 1.